The summed E-state index contributed by atoms with van der Waals surface area (Å²) in [5.74, 6) is -0.215. The number of hydrogen-bond acceptors (Lipinski definition) is 5. The maximum atomic E-state index is 12.5. The third-order valence-electron chi connectivity index (χ3n) is 2.19. The fourth-order valence-electron chi connectivity index (χ4n) is 1.28. The summed E-state index contributed by atoms with van der Waals surface area (Å²) >= 11 is 0. The molecule has 1 N–H and O–H groups in total. The molecule has 0 unspecified atom stereocenters. The van der Waals surface area contributed by atoms with E-state index >= 15 is 0 Å². The Labute approximate surface area is 99.4 Å². The Morgan fingerprint density at radius 2 is 2.06 bits per heavy atom. The van der Waals surface area contributed by atoms with E-state index in [2.05, 4.69) is 20.0 Å². The SMILES string of the molecule is COC(=O)CCCCCNc1ncc(F)cn1. The predicted octanol–water partition coefficient (Wildman–Crippen LogP) is 1.76. The van der Waals surface area contributed by atoms with Crippen LogP contribution < -0.4 is 5.32 Å². The largest absolute Gasteiger partial charge is 0.469 e. The van der Waals surface area contributed by atoms with Gasteiger partial charge in [-0.05, 0) is 12.8 Å². The fourth-order valence-corrected chi connectivity index (χ4v) is 1.28. The number of anilines is 1. The minimum Gasteiger partial charge on any atom is -0.469 e. The molecular formula is C11H16FN3O2. The van der Waals surface area contributed by atoms with Gasteiger partial charge in [0.25, 0.3) is 0 Å². The highest BCUT2D eigenvalue weighted by Crippen LogP contribution is 2.03. The number of methoxy groups -OCH3 is 1. The van der Waals surface area contributed by atoms with Crippen LogP contribution in [0.15, 0.2) is 12.4 Å². The molecule has 1 aromatic rings. The van der Waals surface area contributed by atoms with Crippen molar-refractivity contribution in [3.05, 3.63) is 18.2 Å². The van der Waals surface area contributed by atoms with E-state index in [1.54, 1.807) is 0 Å². The second-order valence-electron chi connectivity index (χ2n) is 3.54. The van der Waals surface area contributed by atoms with E-state index in [1.807, 2.05) is 0 Å². The molecule has 0 aliphatic carbocycles. The Morgan fingerprint density at radius 3 is 2.71 bits per heavy atom. The number of halogens is 1. The van der Waals surface area contributed by atoms with Crippen LogP contribution in [0.1, 0.15) is 25.7 Å². The van der Waals surface area contributed by atoms with Gasteiger partial charge in [-0.2, -0.15) is 0 Å². The zero-order chi connectivity index (χ0) is 12.5. The quantitative estimate of drug-likeness (QED) is 0.582. The van der Waals surface area contributed by atoms with Crippen molar-refractivity contribution < 1.29 is 13.9 Å². The Morgan fingerprint density at radius 1 is 1.35 bits per heavy atom. The summed E-state index contributed by atoms with van der Waals surface area (Å²) in [6.07, 6.45) is 5.31. The van der Waals surface area contributed by atoms with Crippen LogP contribution >= 0.6 is 0 Å². The minimum absolute atomic E-state index is 0.181. The highest BCUT2D eigenvalue weighted by Gasteiger charge is 1.99. The van der Waals surface area contributed by atoms with Crippen LogP contribution in [0.5, 0.6) is 0 Å². The first-order valence-corrected chi connectivity index (χ1v) is 5.50. The Kier molecular flexibility index (Phi) is 5.92. The summed E-state index contributed by atoms with van der Waals surface area (Å²) in [4.78, 5) is 18.3. The molecule has 0 aromatic carbocycles. The van der Waals surface area contributed by atoms with Crippen molar-refractivity contribution in [3.8, 4) is 0 Å². The number of unbranched alkanes of at least 4 members (excludes halogenated alkanes) is 2. The van der Waals surface area contributed by atoms with Crippen LogP contribution in [-0.4, -0.2) is 29.6 Å². The smallest absolute Gasteiger partial charge is 0.305 e. The van der Waals surface area contributed by atoms with E-state index in [9.17, 15) is 9.18 Å². The molecule has 1 aromatic heterocycles. The van der Waals surface area contributed by atoms with Crippen molar-refractivity contribution in [2.75, 3.05) is 19.0 Å². The van der Waals surface area contributed by atoms with Gasteiger partial charge in [0.2, 0.25) is 5.95 Å². The molecule has 0 fully saturated rings. The standard InChI is InChI=1S/C11H16FN3O2/c1-17-10(16)5-3-2-4-6-13-11-14-7-9(12)8-15-11/h7-8H,2-6H2,1H3,(H,13,14,15). The summed E-state index contributed by atoms with van der Waals surface area (Å²) in [5.41, 5.74) is 0. The molecule has 0 bridgehead atoms. The van der Waals surface area contributed by atoms with Crippen molar-refractivity contribution in [2.45, 2.75) is 25.7 Å². The number of carbonyl (C=O) groups excluding carboxylic acids is 1. The maximum absolute atomic E-state index is 12.5. The average Bonchev–Trinajstić information content (AvgIpc) is 2.35. The molecule has 0 aliphatic rings. The predicted molar refractivity (Wildman–Crippen MR) is 61.0 cm³/mol. The molecule has 0 saturated heterocycles. The molecular weight excluding hydrogens is 225 g/mol. The Balaban J connectivity index is 2.04. The van der Waals surface area contributed by atoms with Crippen molar-refractivity contribution in [3.63, 3.8) is 0 Å². The lowest BCUT2D eigenvalue weighted by Gasteiger charge is -2.03. The van der Waals surface area contributed by atoms with Crippen molar-refractivity contribution in [1.29, 1.82) is 0 Å². The molecule has 94 valence electrons. The molecule has 6 heteroatoms. The van der Waals surface area contributed by atoms with E-state index < -0.39 is 5.82 Å². The van der Waals surface area contributed by atoms with Gasteiger partial charge in [-0.15, -0.1) is 0 Å². The zero-order valence-corrected chi connectivity index (χ0v) is 9.78. The van der Waals surface area contributed by atoms with E-state index in [0.29, 0.717) is 18.9 Å². The normalized spacial score (nSPS) is 10.0. The van der Waals surface area contributed by atoms with E-state index in [0.717, 1.165) is 31.7 Å². The molecule has 0 radical (unpaired) electrons. The van der Waals surface area contributed by atoms with Gasteiger partial charge < -0.3 is 10.1 Å². The van der Waals surface area contributed by atoms with Gasteiger partial charge in [0.1, 0.15) is 0 Å². The number of nitrogens with zero attached hydrogens (tertiary/aromatic N) is 2. The van der Waals surface area contributed by atoms with Crippen LogP contribution in [0.2, 0.25) is 0 Å². The summed E-state index contributed by atoms with van der Waals surface area (Å²) in [6.45, 7) is 0.701. The monoisotopic (exact) mass is 241 g/mol. The summed E-state index contributed by atoms with van der Waals surface area (Å²) in [5, 5.41) is 2.97. The topological polar surface area (TPSA) is 64.1 Å². The number of ether oxygens (including phenoxy) is 1. The van der Waals surface area contributed by atoms with E-state index in [1.165, 1.54) is 7.11 Å². The number of rotatable bonds is 7. The molecule has 0 aliphatic heterocycles. The molecule has 5 nitrogen and oxygen atoms in total. The number of aromatic nitrogens is 2. The third-order valence-corrected chi connectivity index (χ3v) is 2.19. The summed E-state index contributed by atoms with van der Waals surface area (Å²) in [6, 6.07) is 0. The first-order chi connectivity index (χ1) is 8.22. The van der Waals surface area contributed by atoms with Crippen LogP contribution in [0.3, 0.4) is 0 Å². The van der Waals surface area contributed by atoms with Gasteiger partial charge >= 0.3 is 5.97 Å². The van der Waals surface area contributed by atoms with Gasteiger partial charge in [0.05, 0.1) is 19.5 Å². The lowest BCUT2D eigenvalue weighted by molar-refractivity contribution is -0.140. The lowest BCUT2D eigenvalue weighted by atomic mass is 10.2. The zero-order valence-electron chi connectivity index (χ0n) is 9.78. The first kappa shape index (κ1) is 13.3. The van der Waals surface area contributed by atoms with Crippen LogP contribution in [-0.2, 0) is 9.53 Å². The van der Waals surface area contributed by atoms with E-state index in [-0.39, 0.29) is 5.97 Å². The average molecular weight is 241 g/mol. The molecule has 1 heterocycles. The summed E-state index contributed by atoms with van der Waals surface area (Å²) in [7, 11) is 1.38. The molecule has 0 atom stereocenters. The second kappa shape index (κ2) is 7.54. The van der Waals surface area contributed by atoms with Gasteiger partial charge in [-0.25, -0.2) is 14.4 Å². The van der Waals surface area contributed by atoms with Crippen molar-refractivity contribution in [1.82, 2.24) is 9.97 Å². The van der Waals surface area contributed by atoms with Gasteiger partial charge in [0.15, 0.2) is 5.82 Å². The van der Waals surface area contributed by atoms with Crippen LogP contribution in [0.25, 0.3) is 0 Å². The third kappa shape index (κ3) is 5.79. The number of esters is 1. The minimum atomic E-state index is -0.450. The first-order valence-electron chi connectivity index (χ1n) is 5.50. The Bertz CT molecular complexity index is 343. The fraction of sp³-hybridized carbons (Fsp3) is 0.545. The lowest BCUT2D eigenvalue weighted by Crippen LogP contribution is -2.06. The van der Waals surface area contributed by atoms with Crippen LogP contribution in [0, 0.1) is 5.82 Å². The molecule has 0 saturated carbocycles. The van der Waals surface area contributed by atoms with Crippen molar-refractivity contribution >= 4 is 11.9 Å². The summed E-state index contributed by atoms with van der Waals surface area (Å²) < 4.78 is 17.0. The number of hydrogen-bond donors (Lipinski definition) is 1. The maximum Gasteiger partial charge on any atom is 0.305 e. The molecule has 17 heavy (non-hydrogen) atoms. The van der Waals surface area contributed by atoms with Crippen LogP contribution in [0.4, 0.5) is 10.3 Å². The highest BCUT2D eigenvalue weighted by atomic mass is 19.1. The second-order valence-corrected chi connectivity index (χ2v) is 3.54. The van der Waals surface area contributed by atoms with E-state index in [4.69, 9.17) is 0 Å². The van der Waals surface area contributed by atoms with Gasteiger partial charge in [-0.3, -0.25) is 4.79 Å². The molecule has 0 spiro atoms. The van der Waals surface area contributed by atoms with Gasteiger partial charge in [-0.1, -0.05) is 6.42 Å². The molecule has 0 amide bonds. The highest BCUT2D eigenvalue weighted by molar-refractivity contribution is 5.68. The number of nitrogens with one attached hydrogen (secondary N) is 1. The van der Waals surface area contributed by atoms with Crippen molar-refractivity contribution in [2.24, 2.45) is 0 Å². The molecule has 1 rings (SSSR count). The number of carbonyl (C=O) groups is 1. The Hall–Kier alpha value is -1.72. The van der Waals surface area contributed by atoms with Gasteiger partial charge in [0, 0.05) is 13.0 Å².